The number of amides is 6. The molecule has 0 spiro atoms. The third kappa shape index (κ3) is 16.1. The fourth-order valence-electron chi connectivity index (χ4n) is 14.2. The van der Waals surface area contributed by atoms with Crippen molar-refractivity contribution < 1.29 is 43.4 Å². The van der Waals surface area contributed by atoms with E-state index in [0.29, 0.717) is 35.7 Å². The number of esters is 1. The third-order valence-corrected chi connectivity index (χ3v) is 18.6. The molecule has 7 rings (SSSR count). The molecule has 0 saturated heterocycles. The third-order valence-electron chi connectivity index (χ3n) is 18.6. The molecule has 1 heterocycles. The number of rotatable bonds is 25. The Labute approximate surface area is 480 Å². The molecule has 0 unspecified atom stereocenters. The van der Waals surface area contributed by atoms with Gasteiger partial charge in [0.1, 0.15) is 42.1 Å². The van der Waals surface area contributed by atoms with Crippen molar-refractivity contribution in [1.82, 2.24) is 36.9 Å². The SMILES string of the molecule is CC(C)CCC[C@@H](C)[C@H]1CC[C@H]2[C@@H]3CC=C4C[C@@H](OC(=O)[C@@H](CC(C)C)NC(=O)[C@H](Cc5ccccc5)NC(=O)CNC(=O)[C@@H](C)NC(=O)[C@H](Cc5ccc(O)cc5)NC(=O)[C@H](C)NC(=O)c5cccnc5)CC[C@]4(C)[C@H]3CC[C@]12C. The number of hydrogen-bond acceptors (Lipinski definition) is 10. The molecule has 16 heteroatoms. The summed E-state index contributed by atoms with van der Waals surface area (Å²) in [6.45, 7) is 18.6. The topological polar surface area (TPSA) is 234 Å². The molecule has 0 bridgehead atoms. The summed E-state index contributed by atoms with van der Waals surface area (Å²) in [5.41, 5.74) is 3.48. The number of aromatic nitrogens is 1. The lowest BCUT2D eigenvalue weighted by atomic mass is 9.47. The predicted octanol–water partition coefficient (Wildman–Crippen LogP) is 8.47. The summed E-state index contributed by atoms with van der Waals surface area (Å²) in [6, 6.07) is 12.8. The Hall–Kier alpha value is -6.58. The standard InChI is InChI=1S/C65H91N7O9/c1-39(2)15-13-16-41(5)51-26-27-52-50-25-22-47-36-49(28-30-64(47,8)53(50)29-31-65(51,52)9)81-63(80)56(33-40(3)4)72-62(79)54(34-44-17-11-10-12-18-44)70-57(74)38-67-58(75)42(6)69-61(78)55(35-45-20-23-48(73)24-21-45)71-59(76)43(7)68-60(77)46-19-14-32-66-37-46/h10-12,14,17-24,32,37,39-43,49-56,73H,13,15-16,25-31,33-36,38H2,1-9H3,(H,67,75)(H,68,77)(H,69,78)(H,70,74)(H,71,76)(H,72,79)/t41-,42-,43+,49+,50+,51-,52+,53+,54+,55+,56-,64+,65-/m1/s1. The smallest absolute Gasteiger partial charge is 0.328 e. The number of hydrogen-bond donors (Lipinski definition) is 7. The van der Waals surface area contributed by atoms with E-state index in [9.17, 15) is 38.7 Å². The van der Waals surface area contributed by atoms with Gasteiger partial charge in [0.2, 0.25) is 29.5 Å². The van der Waals surface area contributed by atoms with Crippen molar-refractivity contribution >= 4 is 41.4 Å². The fraction of sp³-hybridized carbons (Fsp3) is 0.600. The van der Waals surface area contributed by atoms with Crippen LogP contribution in [0.5, 0.6) is 5.75 Å². The first-order valence-electron chi connectivity index (χ1n) is 29.9. The fourth-order valence-corrected chi connectivity index (χ4v) is 14.2. The lowest BCUT2D eigenvalue weighted by Crippen LogP contribution is -2.57. The van der Waals surface area contributed by atoms with E-state index in [1.165, 1.54) is 88.9 Å². The summed E-state index contributed by atoms with van der Waals surface area (Å²) >= 11 is 0. The van der Waals surface area contributed by atoms with E-state index in [1.54, 1.807) is 24.3 Å². The van der Waals surface area contributed by atoms with E-state index in [4.69, 9.17) is 4.74 Å². The van der Waals surface area contributed by atoms with Gasteiger partial charge < -0.3 is 41.7 Å². The zero-order valence-corrected chi connectivity index (χ0v) is 49.4. The monoisotopic (exact) mass is 1110 g/mol. The van der Waals surface area contributed by atoms with Gasteiger partial charge in [-0.05, 0) is 153 Å². The molecule has 81 heavy (non-hydrogen) atoms. The Balaban J connectivity index is 0.941. The summed E-state index contributed by atoms with van der Waals surface area (Å²) in [6.07, 6.45) is 18.2. The van der Waals surface area contributed by atoms with Crippen LogP contribution in [0.2, 0.25) is 0 Å². The van der Waals surface area contributed by atoms with E-state index < -0.39 is 78.2 Å². The van der Waals surface area contributed by atoms with Crippen LogP contribution in [0, 0.1) is 52.3 Å². The first-order chi connectivity index (χ1) is 38.5. The molecule has 13 atom stereocenters. The number of allylic oxidation sites excluding steroid dienone is 1. The van der Waals surface area contributed by atoms with E-state index >= 15 is 0 Å². The number of phenolic OH excluding ortho intramolecular Hbond substituents is 1. The minimum atomic E-state index is -1.22. The van der Waals surface area contributed by atoms with Crippen LogP contribution >= 0.6 is 0 Å². The van der Waals surface area contributed by atoms with Crippen LogP contribution in [0.4, 0.5) is 0 Å². The van der Waals surface area contributed by atoms with Gasteiger partial charge in [-0.15, -0.1) is 0 Å². The molecule has 0 aliphatic heterocycles. The van der Waals surface area contributed by atoms with Gasteiger partial charge in [-0.2, -0.15) is 0 Å². The molecular formula is C65H91N7O9. The van der Waals surface area contributed by atoms with Crippen LogP contribution in [0.1, 0.15) is 161 Å². The van der Waals surface area contributed by atoms with E-state index in [0.717, 1.165) is 48.5 Å². The highest BCUT2D eigenvalue weighted by atomic mass is 16.5. The maximum Gasteiger partial charge on any atom is 0.328 e. The minimum Gasteiger partial charge on any atom is -0.508 e. The number of aromatic hydroxyl groups is 1. The summed E-state index contributed by atoms with van der Waals surface area (Å²) < 4.78 is 6.35. The van der Waals surface area contributed by atoms with Gasteiger partial charge in [-0.25, -0.2) is 4.79 Å². The molecule has 16 nitrogen and oxygen atoms in total. The number of pyridine rings is 1. The number of carbonyl (C=O) groups is 7. The first-order valence-corrected chi connectivity index (χ1v) is 29.9. The summed E-state index contributed by atoms with van der Waals surface area (Å²) in [7, 11) is 0. The van der Waals surface area contributed by atoms with E-state index in [-0.39, 0.29) is 41.6 Å². The van der Waals surface area contributed by atoms with Gasteiger partial charge in [-0.3, -0.25) is 33.8 Å². The summed E-state index contributed by atoms with van der Waals surface area (Å²) in [5, 5.41) is 26.0. The van der Waals surface area contributed by atoms with Crippen molar-refractivity contribution in [2.24, 2.45) is 52.3 Å². The average Bonchev–Trinajstić information content (AvgIpc) is 3.33. The van der Waals surface area contributed by atoms with Crippen LogP contribution in [-0.4, -0.2) is 94.4 Å². The summed E-state index contributed by atoms with van der Waals surface area (Å²) in [4.78, 5) is 99.5. The lowest BCUT2D eigenvalue weighted by molar-refractivity contribution is -0.156. The van der Waals surface area contributed by atoms with Gasteiger partial charge in [0.25, 0.3) is 5.91 Å². The van der Waals surface area contributed by atoms with Crippen LogP contribution in [0.25, 0.3) is 0 Å². The van der Waals surface area contributed by atoms with Gasteiger partial charge in [0.05, 0.1) is 12.1 Å². The van der Waals surface area contributed by atoms with Gasteiger partial charge in [-0.1, -0.05) is 122 Å². The quantitative estimate of drug-likeness (QED) is 0.0316. The van der Waals surface area contributed by atoms with Crippen molar-refractivity contribution in [3.63, 3.8) is 0 Å². The van der Waals surface area contributed by atoms with Crippen LogP contribution < -0.4 is 31.9 Å². The molecule has 6 amide bonds. The highest BCUT2D eigenvalue weighted by molar-refractivity contribution is 5.99. The zero-order chi connectivity index (χ0) is 58.6. The number of ether oxygens (including phenoxy) is 1. The zero-order valence-electron chi connectivity index (χ0n) is 49.4. The molecule has 1 aromatic heterocycles. The Bertz CT molecular complexity index is 2680. The molecule has 440 valence electrons. The normalized spacial score (nSPS) is 25.2. The van der Waals surface area contributed by atoms with Gasteiger partial charge >= 0.3 is 5.97 Å². The number of fused-ring (bicyclic) bond motifs is 5. The maximum absolute atomic E-state index is 14.3. The second kappa shape index (κ2) is 27.9. The van der Waals surface area contributed by atoms with Crippen molar-refractivity contribution in [2.75, 3.05) is 6.54 Å². The maximum atomic E-state index is 14.3. The number of nitrogens with zero attached hydrogens (tertiary/aromatic N) is 1. The number of phenols is 1. The first kappa shape index (κ1) is 62.0. The van der Waals surface area contributed by atoms with Gasteiger partial charge in [0, 0.05) is 31.7 Å². The van der Waals surface area contributed by atoms with Crippen LogP contribution in [-0.2, 0) is 46.3 Å². The van der Waals surface area contributed by atoms with Crippen molar-refractivity contribution in [3.05, 3.63) is 107 Å². The largest absolute Gasteiger partial charge is 0.508 e. The molecule has 7 N–H and O–H groups in total. The van der Waals surface area contributed by atoms with Crippen LogP contribution in [0.15, 0.2) is 90.8 Å². The second-order valence-electron chi connectivity index (χ2n) is 25.4. The molecule has 2 aromatic carbocycles. The molecule has 3 fully saturated rings. The lowest BCUT2D eigenvalue weighted by Gasteiger charge is -2.58. The van der Waals surface area contributed by atoms with Crippen molar-refractivity contribution in [2.45, 2.75) is 189 Å². The number of nitrogens with one attached hydrogen (secondary N) is 6. The molecule has 4 aliphatic rings. The van der Waals surface area contributed by atoms with E-state index in [2.05, 4.69) is 77.6 Å². The molecule has 3 saturated carbocycles. The minimum absolute atomic E-state index is 0.00406. The molecule has 4 aliphatic carbocycles. The van der Waals surface area contributed by atoms with Crippen molar-refractivity contribution in [1.29, 1.82) is 0 Å². The molecule has 0 radical (unpaired) electrons. The average molecular weight is 1110 g/mol. The highest BCUT2D eigenvalue weighted by Gasteiger charge is 2.59. The molecule has 3 aromatic rings. The Morgan fingerprint density at radius 2 is 1.33 bits per heavy atom. The summed E-state index contributed by atoms with van der Waals surface area (Å²) in [5.74, 6) is 0.00303. The van der Waals surface area contributed by atoms with Crippen molar-refractivity contribution in [3.8, 4) is 5.75 Å². The Kier molecular flexibility index (Phi) is 21.4. The second-order valence-corrected chi connectivity index (χ2v) is 25.4. The van der Waals surface area contributed by atoms with Gasteiger partial charge in [0.15, 0.2) is 0 Å². The molecular weight excluding hydrogens is 1020 g/mol. The number of carbonyl (C=O) groups excluding carboxylic acids is 7. The number of benzene rings is 2. The Morgan fingerprint density at radius 1 is 0.667 bits per heavy atom. The Morgan fingerprint density at radius 3 is 2.01 bits per heavy atom. The highest BCUT2D eigenvalue weighted by Crippen LogP contribution is 2.67. The predicted molar refractivity (Wildman–Crippen MR) is 312 cm³/mol. The van der Waals surface area contributed by atoms with Crippen LogP contribution in [0.3, 0.4) is 0 Å². The van der Waals surface area contributed by atoms with E-state index in [1.807, 2.05) is 44.2 Å².